The van der Waals surface area contributed by atoms with Crippen molar-refractivity contribution in [2.75, 3.05) is 12.0 Å². The highest BCUT2D eigenvalue weighted by atomic mass is 32.2. The van der Waals surface area contributed by atoms with Crippen molar-refractivity contribution in [3.8, 4) is 0 Å². The quantitative estimate of drug-likeness (QED) is 0.868. The van der Waals surface area contributed by atoms with Crippen LogP contribution in [-0.4, -0.2) is 22.3 Å². The molecule has 18 heavy (non-hydrogen) atoms. The summed E-state index contributed by atoms with van der Waals surface area (Å²) in [5.41, 5.74) is 0. The molecule has 102 valence electrons. The van der Waals surface area contributed by atoms with Crippen molar-refractivity contribution in [3.63, 3.8) is 0 Å². The molecule has 3 atom stereocenters. The van der Waals surface area contributed by atoms with Crippen molar-refractivity contribution >= 4 is 22.1 Å². The van der Waals surface area contributed by atoms with Crippen LogP contribution in [0.25, 0.3) is 0 Å². The Balaban J connectivity index is 2.02. The van der Waals surface area contributed by atoms with E-state index in [1.807, 2.05) is 11.3 Å². The standard InChI is InChI=1S/C14H23NOS2/c1-11(10-18(2)16)15-14(12-6-3-4-7-12)13-8-5-9-17-13/h5,8-9,11-12,14-15H,3-4,6-7,10H2,1-2H3. The van der Waals surface area contributed by atoms with Gasteiger partial charge in [-0.15, -0.1) is 11.3 Å². The largest absolute Gasteiger partial charge is 0.306 e. The number of nitrogens with one attached hydrogen (secondary N) is 1. The minimum absolute atomic E-state index is 0.323. The van der Waals surface area contributed by atoms with E-state index in [1.54, 1.807) is 6.26 Å². The summed E-state index contributed by atoms with van der Waals surface area (Å²) < 4.78 is 11.3. The third-order valence-electron chi connectivity index (χ3n) is 3.67. The molecule has 3 unspecified atom stereocenters. The summed E-state index contributed by atoms with van der Waals surface area (Å²) in [5, 5.41) is 5.86. The summed E-state index contributed by atoms with van der Waals surface area (Å²) in [6.45, 7) is 2.15. The predicted molar refractivity (Wildman–Crippen MR) is 80.5 cm³/mol. The van der Waals surface area contributed by atoms with Gasteiger partial charge in [-0.25, -0.2) is 0 Å². The molecule has 0 amide bonds. The van der Waals surface area contributed by atoms with Crippen molar-refractivity contribution in [2.24, 2.45) is 5.92 Å². The van der Waals surface area contributed by atoms with Crippen LogP contribution in [-0.2, 0) is 10.8 Å². The maximum atomic E-state index is 11.3. The normalized spacial score (nSPS) is 21.9. The van der Waals surface area contributed by atoms with Gasteiger partial charge >= 0.3 is 0 Å². The van der Waals surface area contributed by atoms with E-state index in [4.69, 9.17) is 0 Å². The highest BCUT2D eigenvalue weighted by Gasteiger charge is 2.28. The summed E-state index contributed by atoms with van der Waals surface area (Å²) in [4.78, 5) is 1.44. The van der Waals surface area contributed by atoms with Gasteiger partial charge in [0.15, 0.2) is 0 Å². The van der Waals surface area contributed by atoms with Crippen LogP contribution in [0.15, 0.2) is 17.5 Å². The molecule has 4 heteroatoms. The van der Waals surface area contributed by atoms with Gasteiger partial charge in [0, 0.05) is 39.8 Å². The molecule has 1 aliphatic rings. The van der Waals surface area contributed by atoms with Crippen molar-refractivity contribution in [3.05, 3.63) is 22.4 Å². The molecule has 0 bridgehead atoms. The maximum absolute atomic E-state index is 11.3. The lowest BCUT2D eigenvalue weighted by molar-refractivity contribution is 0.350. The minimum Gasteiger partial charge on any atom is -0.306 e. The zero-order valence-electron chi connectivity index (χ0n) is 11.2. The van der Waals surface area contributed by atoms with Gasteiger partial charge in [0.25, 0.3) is 0 Å². The Morgan fingerprint density at radius 1 is 1.50 bits per heavy atom. The lowest BCUT2D eigenvalue weighted by atomic mass is 9.96. The van der Waals surface area contributed by atoms with Crippen LogP contribution in [0.5, 0.6) is 0 Å². The first kappa shape index (κ1) is 14.2. The summed E-state index contributed by atoms with van der Waals surface area (Å²) in [6.07, 6.45) is 7.17. The number of hydrogen-bond donors (Lipinski definition) is 1. The van der Waals surface area contributed by atoms with Crippen LogP contribution in [0.3, 0.4) is 0 Å². The third-order valence-corrected chi connectivity index (χ3v) is 5.59. The first-order chi connectivity index (χ1) is 8.66. The first-order valence-electron chi connectivity index (χ1n) is 6.76. The maximum Gasteiger partial charge on any atom is 0.0445 e. The zero-order valence-corrected chi connectivity index (χ0v) is 12.9. The smallest absolute Gasteiger partial charge is 0.0445 e. The Morgan fingerprint density at radius 2 is 2.22 bits per heavy atom. The van der Waals surface area contributed by atoms with Gasteiger partial charge in [0.1, 0.15) is 0 Å². The fourth-order valence-corrected chi connectivity index (χ4v) is 4.60. The van der Waals surface area contributed by atoms with Crippen LogP contribution < -0.4 is 5.32 Å². The average Bonchev–Trinajstić information content (AvgIpc) is 2.98. The van der Waals surface area contributed by atoms with Gasteiger partial charge in [-0.3, -0.25) is 4.21 Å². The van der Waals surface area contributed by atoms with Crippen LogP contribution >= 0.6 is 11.3 Å². The Kier molecular flexibility index (Phi) is 5.39. The highest BCUT2D eigenvalue weighted by molar-refractivity contribution is 7.84. The Hall–Kier alpha value is -0.190. The predicted octanol–water partition coefficient (Wildman–Crippen LogP) is 3.34. The molecule has 0 saturated heterocycles. The second kappa shape index (κ2) is 6.83. The highest BCUT2D eigenvalue weighted by Crippen LogP contribution is 2.37. The number of thiophene rings is 1. The average molecular weight is 285 g/mol. The zero-order chi connectivity index (χ0) is 13.0. The van der Waals surface area contributed by atoms with Crippen molar-refractivity contribution < 1.29 is 4.21 Å². The fraction of sp³-hybridized carbons (Fsp3) is 0.714. The molecule has 2 rings (SSSR count). The van der Waals surface area contributed by atoms with E-state index in [0.717, 1.165) is 11.7 Å². The summed E-state index contributed by atoms with van der Waals surface area (Å²) >= 11 is 1.84. The molecule has 1 heterocycles. The Morgan fingerprint density at radius 3 is 2.78 bits per heavy atom. The fourth-order valence-electron chi connectivity index (χ4n) is 2.92. The SMILES string of the molecule is CC(CS(C)=O)NC(c1cccs1)C1CCCC1. The van der Waals surface area contributed by atoms with Gasteiger partial charge < -0.3 is 5.32 Å². The molecule has 1 saturated carbocycles. The van der Waals surface area contributed by atoms with Gasteiger partial charge in [-0.1, -0.05) is 18.9 Å². The molecule has 0 aliphatic heterocycles. The molecule has 1 N–H and O–H groups in total. The van der Waals surface area contributed by atoms with Crippen molar-refractivity contribution in [1.82, 2.24) is 5.32 Å². The van der Waals surface area contributed by atoms with E-state index < -0.39 is 10.8 Å². The molecule has 1 aromatic rings. The van der Waals surface area contributed by atoms with Gasteiger partial charge in [0.2, 0.25) is 0 Å². The van der Waals surface area contributed by atoms with Gasteiger partial charge in [-0.05, 0) is 37.1 Å². The monoisotopic (exact) mass is 285 g/mol. The first-order valence-corrected chi connectivity index (χ1v) is 9.37. The topological polar surface area (TPSA) is 29.1 Å². The van der Waals surface area contributed by atoms with Crippen LogP contribution in [0.2, 0.25) is 0 Å². The summed E-state index contributed by atoms with van der Waals surface area (Å²) in [6, 6.07) is 5.15. The molecule has 0 aromatic carbocycles. The van der Waals surface area contributed by atoms with E-state index >= 15 is 0 Å². The van der Waals surface area contributed by atoms with E-state index in [0.29, 0.717) is 12.1 Å². The molecule has 1 aliphatic carbocycles. The Bertz CT molecular complexity index is 371. The van der Waals surface area contributed by atoms with Crippen LogP contribution in [0.1, 0.15) is 43.5 Å². The van der Waals surface area contributed by atoms with Crippen molar-refractivity contribution in [1.29, 1.82) is 0 Å². The number of rotatable bonds is 6. The number of hydrogen-bond acceptors (Lipinski definition) is 3. The van der Waals surface area contributed by atoms with Crippen LogP contribution in [0.4, 0.5) is 0 Å². The second-order valence-electron chi connectivity index (χ2n) is 5.35. The second-order valence-corrected chi connectivity index (χ2v) is 7.80. The minimum atomic E-state index is -0.719. The lowest BCUT2D eigenvalue weighted by Gasteiger charge is -2.27. The summed E-state index contributed by atoms with van der Waals surface area (Å²) in [5.74, 6) is 1.51. The lowest BCUT2D eigenvalue weighted by Crippen LogP contribution is -2.37. The third kappa shape index (κ3) is 3.90. The molecule has 1 aromatic heterocycles. The molecule has 0 radical (unpaired) electrons. The molecule has 0 spiro atoms. The molecule has 2 nitrogen and oxygen atoms in total. The van der Waals surface area contributed by atoms with E-state index in [-0.39, 0.29) is 0 Å². The van der Waals surface area contributed by atoms with E-state index in [2.05, 4.69) is 29.8 Å². The Labute approximate surface area is 117 Å². The van der Waals surface area contributed by atoms with Crippen LogP contribution in [0, 0.1) is 5.92 Å². The molecular weight excluding hydrogens is 262 g/mol. The van der Waals surface area contributed by atoms with E-state index in [9.17, 15) is 4.21 Å². The molecular formula is C14H23NOS2. The van der Waals surface area contributed by atoms with E-state index in [1.165, 1.54) is 30.6 Å². The van der Waals surface area contributed by atoms with Gasteiger partial charge in [-0.2, -0.15) is 0 Å². The molecule has 1 fully saturated rings. The summed E-state index contributed by atoms with van der Waals surface area (Å²) in [7, 11) is -0.719. The van der Waals surface area contributed by atoms with Gasteiger partial charge in [0.05, 0.1) is 0 Å². The van der Waals surface area contributed by atoms with Crippen molar-refractivity contribution in [2.45, 2.75) is 44.7 Å².